The highest BCUT2D eigenvalue weighted by Gasteiger charge is 2.41. The second-order valence-electron chi connectivity index (χ2n) is 8.22. The molecular formula is C25H23ClN4O3. The van der Waals surface area contributed by atoms with E-state index in [1.165, 1.54) is 9.08 Å². The molecule has 1 saturated heterocycles. The molecule has 5 rings (SSSR count). The maximum Gasteiger partial charge on any atom is 0.350 e. The number of halogens is 1. The molecule has 0 radical (unpaired) electrons. The van der Waals surface area contributed by atoms with Crippen molar-refractivity contribution in [2.24, 2.45) is 0 Å². The first kappa shape index (κ1) is 21.4. The van der Waals surface area contributed by atoms with E-state index in [1.807, 2.05) is 54.6 Å². The van der Waals surface area contributed by atoms with Crippen molar-refractivity contribution in [1.29, 1.82) is 0 Å². The number of carbonyl (C=O) groups excluding carboxylic acids is 1. The Morgan fingerprint density at radius 2 is 1.85 bits per heavy atom. The molecule has 0 unspecified atom stereocenters. The summed E-state index contributed by atoms with van der Waals surface area (Å²) in [7, 11) is 0. The molecule has 3 heterocycles. The van der Waals surface area contributed by atoms with Crippen LogP contribution in [-0.2, 0) is 21.5 Å². The average Bonchev–Trinajstić information content (AvgIpc) is 3.15. The van der Waals surface area contributed by atoms with Crippen LogP contribution in [0.1, 0.15) is 24.0 Å². The summed E-state index contributed by atoms with van der Waals surface area (Å²) in [6.07, 6.45) is 2.88. The summed E-state index contributed by atoms with van der Waals surface area (Å²) >= 11 is 6.07. The molecule has 1 aliphatic rings. The third-order valence-electron chi connectivity index (χ3n) is 6.18. The third kappa shape index (κ3) is 4.17. The molecular weight excluding hydrogens is 440 g/mol. The van der Waals surface area contributed by atoms with Gasteiger partial charge in [-0.25, -0.2) is 9.48 Å². The lowest BCUT2D eigenvalue weighted by Crippen LogP contribution is -2.44. The minimum absolute atomic E-state index is 0.0739. The van der Waals surface area contributed by atoms with Gasteiger partial charge in [-0.1, -0.05) is 41.9 Å². The Kier molecular flexibility index (Phi) is 5.74. The van der Waals surface area contributed by atoms with Gasteiger partial charge >= 0.3 is 5.69 Å². The second-order valence-corrected chi connectivity index (χ2v) is 8.66. The number of nitrogens with zero attached hydrogens (tertiary/aromatic N) is 3. The normalized spacial score (nSPS) is 15.4. The minimum Gasteiger partial charge on any atom is -0.381 e. The maximum atomic E-state index is 13.5. The van der Waals surface area contributed by atoms with Gasteiger partial charge in [-0.15, -0.1) is 5.10 Å². The number of rotatable bonds is 5. The van der Waals surface area contributed by atoms with E-state index in [9.17, 15) is 9.59 Å². The van der Waals surface area contributed by atoms with Crippen LogP contribution >= 0.6 is 11.6 Å². The zero-order valence-electron chi connectivity index (χ0n) is 17.9. The number of benzene rings is 2. The number of carbonyl (C=O) groups is 1. The van der Waals surface area contributed by atoms with Gasteiger partial charge in [-0.3, -0.25) is 9.20 Å². The van der Waals surface area contributed by atoms with E-state index in [-0.39, 0.29) is 11.6 Å². The lowest BCUT2D eigenvalue weighted by atomic mass is 9.73. The molecule has 7 nitrogen and oxygen atoms in total. The third-order valence-corrected chi connectivity index (χ3v) is 6.44. The van der Waals surface area contributed by atoms with Crippen molar-refractivity contribution >= 4 is 28.8 Å². The summed E-state index contributed by atoms with van der Waals surface area (Å²) in [5, 5.41) is 8.11. The van der Waals surface area contributed by atoms with Crippen molar-refractivity contribution in [2.75, 3.05) is 18.5 Å². The fourth-order valence-corrected chi connectivity index (χ4v) is 4.50. The van der Waals surface area contributed by atoms with Crippen LogP contribution in [0.25, 0.3) is 5.65 Å². The number of anilines is 1. The summed E-state index contributed by atoms with van der Waals surface area (Å²) in [6, 6.07) is 20.4. The first-order valence-corrected chi connectivity index (χ1v) is 11.2. The lowest BCUT2D eigenvalue weighted by molar-refractivity contribution is -0.125. The van der Waals surface area contributed by atoms with Crippen molar-refractivity contribution in [3.8, 4) is 0 Å². The molecule has 8 heteroatoms. The molecule has 2 aromatic heterocycles. The van der Waals surface area contributed by atoms with Crippen LogP contribution in [0.2, 0.25) is 5.02 Å². The van der Waals surface area contributed by atoms with E-state index in [0.29, 0.717) is 49.0 Å². The molecule has 168 valence electrons. The van der Waals surface area contributed by atoms with Crippen molar-refractivity contribution in [2.45, 2.75) is 24.8 Å². The smallest absolute Gasteiger partial charge is 0.350 e. The number of hydrogen-bond donors (Lipinski definition) is 1. The van der Waals surface area contributed by atoms with Crippen LogP contribution in [-0.4, -0.2) is 33.3 Å². The molecule has 1 aliphatic heterocycles. The Hall–Kier alpha value is -3.42. The first-order chi connectivity index (χ1) is 16.0. The molecule has 1 N–H and O–H groups in total. The number of fused-ring (bicyclic) bond motifs is 1. The van der Waals surface area contributed by atoms with Crippen LogP contribution in [0.15, 0.2) is 77.7 Å². The maximum absolute atomic E-state index is 13.5. The second kappa shape index (κ2) is 8.84. The van der Waals surface area contributed by atoms with E-state index in [4.69, 9.17) is 16.3 Å². The van der Waals surface area contributed by atoms with E-state index in [2.05, 4.69) is 10.4 Å². The summed E-state index contributed by atoms with van der Waals surface area (Å²) in [5.74, 6) is -0.0739. The molecule has 33 heavy (non-hydrogen) atoms. The topological polar surface area (TPSA) is 77.6 Å². The highest BCUT2D eigenvalue weighted by molar-refractivity contribution is 6.30. The van der Waals surface area contributed by atoms with Gasteiger partial charge in [0.2, 0.25) is 5.91 Å². The largest absolute Gasteiger partial charge is 0.381 e. The average molecular weight is 463 g/mol. The van der Waals surface area contributed by atoms with Crippen molar-refractivity contribution in [3.63, 3.8) is 0 Å². The molecule has 0 atom stereocenters. The number of amides is 1. The Morgan fingerprint density at radius 1 is 1.06 bits per heavy atom. The molecule has 0 spiro atoms. The van der Waals surface area contributed by atoms with Crippen LogP contribution < -0.4 is 11.0 Å². The fourth-order valence-electron chi connectivity index (χ4n) is 4.38. The van der Waals surface area contributed by atoms with Gasteiger partial charge in [0.15, 0.2) is 5.65 Å². The number of nitrogens with one attached hydrogen (secondary N) is 1. The Morgan fingerprint density at radius 3 is 2.61 bits per heavy atom. The Balaban J connectivity index is 1.40. The van der Waals surface area contributed by atoms with E-state index in [1.54, 1.807) is 18.3 Å². The van der Waals surface area contributed by atoms with Crippen molar-refractivity contribution in [3.05, 3.63) is 99.6 Å². The molecule has 0 bridgehead atoms. The van der Waals surface area contributed by atoms with Crippen LogP contribution in [0, 0.1) is 0 Å². The van der Waals surface area contributed by atoms with E-state index in [0.717, 1.165) is 11.1 Å². The van der Waals surface area contributed by atoms with Crippen LogP contribution in [0.3, 0.4) is 0 Å². The lowest BCUT2D eigenvalue weighted by Gasteiger charge is -2.36. The van der Waals surface area contributed by atoms with Crippen LogP contribution in [0.5, 0.6) is 0 Å². The molecule has 0 saturated carbocycles. The monoisotopic (exact) mass is 462 g/mol. The number of ether oxygens (including phenoxy) is 1. The molecule has 0 aliphatic carbocycles. The van der Waals surface area contributed by atoms with Crippen molar-refractivity contribution < 1.29 is 9.53 Å². The molecule has 2 aromatic carbocycles. The molecule has 1 fully saturated rings. The number of hydrogen-bond acceptors (Lipinski definition) is 4. The van der Waals surface area contributed by atoms with Crippen LogP contribution in [0.4, 0.5) is 5.69 Å². The van der Waals surface area contributed by atoms with Gasteiger partial charge in [-0.05, 0) is 60.4 Å². The van der Waals surface area contributed by atoms with Gasteiger partial charge < -0.3 is 10.1 Å². The zero-order valence-corrected chi connectivity index (χ0v) is 18.7. The van der Waals surface area contributed by atoms with Gasteiger partial charge in [0.05, 0.1) is 12.0 Å². The SMILES string of the molecule is O=C(Nc1cccc(Cn2nc3ccccn3c2=O)c1)C1(c2ccc(Cl)cc2)CCOCC1. The Labute approximate surface area is 195 Å². The van der Waals surface area contributed by atoms with Gasteiger partial charge in [-0.2, -0.15) is 0 Å². The fraction of sp³-hybridized carbons (Fsp3) is 0.240. The van der Waals surface area contributed by atoms with E-state index >= 15 is 0 Å². The zero-order chi connectivity index (χ0) is 22.8. The number of pyridine rings is 1. The number of aromatic nitrogens is 3. The summed E-state index contributed by atoms with van der Waals surface area (Å²) in [4.78, 5) is 26.1. The summed E-state index contributed by atoms with van der Waals surface area (Å²) in [6.45, 7) is 1.35. The van der Waals surface area contributed by atoms with Gasteiger partial charge in [0, 0.05) is 30.1 Å². The van der Waals surface area contributed by atoms with Crippen molar-refractivity contribution in [1.82, 2.24) is 14.2 Å². The summed E-state index contributed by atoms with van der Waals surface area (Å²) < 4.78 is 8.47. The van der Waals surface area contributed by atoms with Gasteiger partial charge in [0.1, 0.15) is 0 Å². The predicted molar refractivity (Wildman–Crippen MR) is 127 cm³/mol. The highest BCUT2D eigenvalue weighted by atomic mass is 35.5. The highest BCUT2D eigenvalue weighted by Crippen LogP contribution is 2.36. The standard InChI is InChI=1S/C25H23ClN4O3/c26-20-9-7-19(8-10-20)25(11-14-33-15-12-25)23(31)27-21-5-3-4-18(16-21)17-30-24(32)29-13-2-1-6-22(29)28-30/h1-10,13,16H,11-12,14-15,17H2,(H,27,31). The first-order valence-electron chi connectivity index (χ1n) is 10.8. The molecule has 4 aromatic rings. The molecule has 1 amide bonds. The van der Waals surface area contributed by atoms with Gasteiger partial charge in [0.25, 0.3) is 0 Å². The minimum atomic E-state index is -0.683. The predicted octanol–water partition coefficient (Wildman–Crippen LogP) is 3.88. The summed E-state index contributed by atoms with van der Waals surface area (Å²) in [5.41, 5.74) is 2.18. The van der Waals surface area contributed by atoms with E-state index < -0.39 is 5.41 Å². The Bertz CT molecular complexity index is 1350. The quantitative estimate of drug-likeness (QED) is 0.488.